The number of halogens is 1. The van der Waals surface area contributed by atoms with E-state index >= 15 is 0 Å². The van der Waals surface area contributed by atoms with Crippen molar-refractivity contribution in [3.63, 3.8) is 0 Å². The summed E-state index contributed by atoms with van der Waals surface area (Å²) >= 11 is 5.28. The topological polar surface area (TPSA) is 62.4 Å². The molecule has 0 saturated carbocycles. The van der Waals surface area contributed by atoms with Crippen LogP contribution in [0.4, 0.5) is 15.8 Å². The second-order valence-electron chi connectivity index (χ2n) is 5.98. The van der Waals surface area contributed by atoms with Gasteiger partial charge in [0.25, 0.3) is 5.91 Å². The van der Waals surface area contributed by atoms with Crippen molar-refractivity contribution in [1.29, 1.82) is 0 Å². The van der Waals surface area contributed by atoms with E-state index in [0.29, 0.717) is 28.6 Å². The van der Waals surface area contributed by atoms with E-state index in [1.54, 1.807) is 30.3 Å². The summed E-state index contributed by atoms with van der Waals surface area (Å²) in [5, 5.41) is 9.20. The first-order valence-electron chi connectivity index (χ1n) is 8.44. The Hall–Kier alpha value is -2.51. The SMILES string of the molecule is O=C(NC[C@@H]1CCCO1)c1ccccc1NC(=S)Nc1ccc(F)cc1. The molecule has 0 spiro atoms. The lowest BCUT2D eigenvalue weighted by molar-refractivity contribution is 0.0858. The number of carbonyl (C=O) groups excluding carboxylic acids is 1. The molecule has 1 fully saturated rings. The quantitative estimate of drug-likeness (QED) is 0.700. The van der Waals surface area contributed by atoms with Crippen molar-refractivity contribution >= 4 is 34.6 Å². The van der Waals surface area contributed by atoms with Gasteiger partial charge in [-0.05, 0) is 61.5 Å². The molecule has 1 saturated heterocycles. The molecule has 136 valence electrons. The maximum absolute atomic E-state index is 13.0. The van der Waals surface area contributed by atoms with Gasteiger partial charge in [-0.25, -0.2) is 4.39 Å². The summed E-state index contributed by atoms with van der Waals surface area (Å²) in [6.07, 6.45) is 2.08. The van der Waals surface area contributed by atoms with Crippen LogP contribution >= 0.6 is 12.2 Å². The average Bonchev–Trinajstić information content (AvgIpc) is 3.16. The molecule has 1 aliphatic heterocycles. The van der Waals surface area contributed by atoms with Gasteiger partial charge in [-0.1, -0.05) is 12.1 Å². The minimum absolute atomic E-state index is 0.0836. The van der Waals surface area contributed by atoms with Gasteiger partial charge in [0.05, 0.1) is 17.4 Å². The lowest BCUT2D eigenvalue weighted by Crippen LogP contribution is -2.32. The molecular weight excluding hydrogens is 353 g/mol. The smallest absolute Gasteiger partial charge is 0.253 e. The standard InChI is InChI=1S/C19H20FN3O2S/c20-13-7-9-14(10-8-13)22-19(26)23-17-6-2-1-5-16(17)18(24)21-12-15-4-3-11-25-15/h1-2,5-10,15H,3-4,11-12H2,(H,21,24)(H2,22,23,26)/t15-/m0/s1. The first-order chi connectivity index (χ1) is 12.6. The second kappa shape index (κ2) is 8.73. The molecule has 0 aliphatic carbocycles. The Morgan fingerprint density at radius 2 is 1.92 bits per heavy atom. The van der Waals surface area contributed by atoms with Gasteiger partial charge in [-0.2, -0.15) is 0 Å². The minimum atomic E-state index is -0.317. The molecule has 26 heavy (non-hydrogen) atoms. The Kier molecular flexibility index (Phi) is 6.14. The molecule has 3 rings (SSSR count). The first kappa shape index (κ1) is 18.3. The van der Waals surface area contributed by atoms with Gasteiger partial charge >= 0.3 is 0 Å². The lowest BCUT2D eigenvalue weighted by atomic mass is 10.1. The predicted octanol–water partition coefficient (Wildman–Crippen LogP) is 3.54. The number of benzene rings is 2. The van der Waals surface area contributed by atoms with Crippen molar-refractivity contribution < 1.29 is 13.9 Å². The Bertz CT molecular complexity index is 777. The maximum atomic E-state index is 13.0. The van der Waals surface area contributed by atoms with Gasteiger partial charge in [0, 0.05) is 18.8 Å². The zero-order valence-corrected chi connectivity index (χ0v) is 14.9. The molecule has 0 unspecified atom stereocenters. The molecule has 1 aliphatic rings. The number of ether oxygens (including phenoxy) is 1. The summed E-state index contributed by atoms with van der Waals surface area (Å²) in [6, 6.07) is 13.0. The van der Waals surface area contributed by atoms with Crippen LogP contribution < -0.4 is 16.0 Å². The highest BCUT2D eigenvalue weighted by Crippen LogP contribution is 2.17. The van der Waals surface area contributed by atoms with Gasteiger partial charge in [0.1, 0.15) is 5.82 Å². The number of thiocarbonyl (C=S) groups is 1. The van der Waals surface area contributed by atoms with Crippen molar-refractivity contribution in [3.8, 4) is 0 Å². The van der Waals surface area contributed by atoms with E-state index in [1.165, 1.54) is 12.1 Å². The molecule has 2 aromatic rings. The van der Waals surface area contributed by atoms with Gasteiger partial charge in [0.2, 0.25) is 0 Å². The molecule has 0 radical (unpaired) electrons. The van der Waals surface area contributed by atoms with E-state index in [4.69, 9.17) is 17.0 Å². The third-order valence-electron chi connectivity index (χ3n) is 4.04. The molecule has 1 amide bonds. The number of hydrogen-bond acceptors (Lipinski definition) is 3. The number of carbonyl (C=O) groups is 1. The first-order valence-corrected chi connectivity index (χ1v) is 8.85. The van der Waals surface area contributed by atoms with Crippen molar-refractivity contribution in [2.24, 2.45) is 0 Å². The number of nitrogens with one attached hydrogen (secondary N) is 3. The van der Waals surface area contributed by atoms with Crippen molar-refractivity contribution in [3.05, 3.63) is 59.9 Å². The average molecular weight is 373 g/mol. The van der Waals surface area contributed by atoms with Crippen molar-refractivity contribution in [1.82, 2.24) is 5.32 Å². The molecular formula is C19H20FN3O2S. The van der Waals surface area contributed by atoms with Crippen molar-refractivity contribution in [2.45, 2.75) is 18.9 Å². The van der Waals surface area contributed by atoms with Crippen LogP contribution in [0.5, 0.6) is 0 Å². The highest BCUT2D eigenvalue weighted by molar-refractivity contribution is 7.80. The number of para-hydroxylation sites is 1. The molecule has 1 heterocycles. The summed E-state index contributed by atoms with van der Waals surface area (Å²) < 4.78 is 18.5. The number of anilines is 2. The minimum Gasteiger partial charge on any atom is -0.376 e. The molecule has 2 aromatic carbocycles. The van der Waals surface area contributed by atoms with E-state index < -0.39 is 0 Å². The summed E-state index contributed by atoms with van der Waals surface area (Å²) in [6.45, 7) is 1.24. The second-order valence-corrected chi connectivity index (χ2v) is 6.38. The van der Waals surface area contributed by atoms with Crippen LogP contribution in [0.1, 0.15) is 23.2 Å². The molecule has 3 N–H and O–H groups in total. The lowest BCUT2D eigenvalue weighted by Gasteiger charge is -2.15. The van der Waals surface area contributed by atoms with Crippen LogP contribution in [-0.2, 0) is 4.74 Å². The normalized spacial score (nSPS) is 16.1. The Labute approximate surface area is 156 Å². The summed E-state index contributed by atoms with van der Waals surface area (Å²) in [7, 11) is 0. The van der Waals surface area contributed by atoms with E-state index in [2.05, 4.69) is 16.0 Å². The van der Waals surface area contributed by atoms with E-state index in [9.17, 15) is 9.18 Å². The van der Waals surface area contributed by atoms with Crippen LogP contribution in [-0.4, -0.2) is 30.3 Å². The number of rotatable bonds is 5. The van der Waals surface area contributed by atoms with Crippen molar-refractivity contribution in [2.75, 3.05) is 23.8 Å². The molecule has 7 heteroatoms. The highest BCUT2D eigenvalue weighted by atomic mass is 32.1. The largest absolute Gasteiger partial charge is 0.376 e. The fourth-order valence-electron chi connectivity index (χ4n) is 2.72. The Morgan fingerprint density at radius 1 is 1.15 bits per heavy atom. The summed E-state index contributed by atoms with van der Waals surface area (Å²) in [5.41, 5.74) is 1.75. The number of hydrogen-bond donors (Lipinski definition) is 3. The van der Waals surface area contributed by atoms with Gasteiger partial charge in [0.15, 0.2) is 5.11 Å². The molecule has 0 bridgehead atoms. The molecule has 1 atom stereocenters. The van der Waals surface area contributed by atoms with Gasteiger partial charge in [-0.3, -0.25) is 4.79 Å². The fraction of sp³-hybridized carbons (Fsp3) is 0.263. The van der Waals surface area contributed by atoms with Crippen LogP contribution in [0.15, 0.2) is 48.5 Å². The molecule has 5 nitrogen and oxygen atoms in total. The van der Waals surface area contributed by atoms with E-state index in [1.807, 2.05) is 6.07 Å². The zero-order chi connectivity index (χ0) is 18.4. The third-order valence-corrected chi connectivity index (χ3v) is 4.24. The summed E-state index contributed by atoms with van der Waals surface area (Å²) in [4.78, 5) is 12.5. The van der Waals surface area contributed by atoms with Gasteiger partial charge < -0.3 is 20.7 Å². The van der Waals surface area contributed by atoms with Gasteiger partial charge in [-0.15, -0.1) is 0 Å². The number of amides is 1. The van der Waals surface area contributed by atoms with Crippen LogP contribution in [0, 0.1) is 5.82 Å². The van der Waals surface area contributed by atoms with E-state index in [-0.39, 0.29) is 17.8 Å². The Balaban J connectivity index is 1.61. The Morgan fingerprint density at radius 3 is 2.65 bits per heavy atom. The predicted molar refractivity (Wildman–Crippen MR) is 104 cm³/mol. The van der Waals surface area contributed by atoms with Crippen LogP contribution in [0.2, 0.25) is 0 Å². The zero-order valence-electron chi connectivity index (χ0n) is 14.1. The van der Waals surface area contributed by atoms with E-state index in [0.717, 1.165) is 19.4 Å². The third kappa shape index (κ3) is 5.00. The highest BCUT2D eigenvalue weighted by Gasteiger charge is 2.18. The summed E-state index contributed by atoms with van der Waals surface area (Å²) in [5.74, 6) is -0.504. The fourth-order valence-corrected chi connectivity index (χ4v) is 2.94. The van der Waals surface area contributed by atoms with Crippen LogP contribution in [0.25, 0.3) is 0 Å². The maximum Gasteiger partial charge on any atom is 0.253 e. The monoisotopic (exact) mass is 373 g/mol. The molecule has 0 aromatic heterocycles. The van der Waals surface area contributed by atoms with Crippen LogP contribution in [0.3, 0.4) is 0 Å².